The van der Waals surface area contributed by atoms with E-state index in [1.54, 1.807) is 19.7 Å². The van der Waals surface area contributed by atoms with E-state index < -0.39 is 0 Å². The number of thiazole rings is 1. The van der Waals surface area contributed by atoms with Gasteiger partial charge in [0.05, 0.1) is 24.4 Å². The lowest BCUT2D eigenvalue weighted by molar-refractivity contribution is 0.414. The van der Waals surface area contributed by atoms with E-state index in [9.17, 15) is 0 Å². The van der Waals surface area contributed by atoms with Crippen LogP contribution in [0, 0.1) is 5.41 Å². The Kier molecular flexibility index (Phi) is 3.51. The van der Waals surface area contributed by atoms with Crippen molar-refractivity contribution >= 4 is 43.9 Å². The highest BCUT2D eigenvalue weighted by Gasteiger charge is 2.14. The summed E-state index contributed by atoms with van der Waals surface area (Å²) in [6.07, 6.45) is 3.24. The Morgan fingerprint density at radius 2 is 2.07 bits per heavy atom. The molecule has 7 nitrogen and oxygen atoms in total. The van der Waals surface area contributed by atoms with Crippen LogP contribution in [0.3, 0.4) is 0 Å². The molecule has 0 saturated carbocycles. The minimum atomic E-state index is 0.277. The van der Waals surface area contributed by atoms with Gasteiger partial charge in [0.1, 0.15) is 16.8 Å². The van der Waals surface area contributed by atoms with Crippen LogP contribution in [0.1, 0.15) is 5.56 Å². The van der Waals surface area contributed by atoms with Crippen molar-refractivity contribution in [3.8, 4) is 5.75 Å². The van der Waals surface area contributed by atoms with Crippen LogP contribution in [0.2, 0.25) is 0 Å². The number of nitrogens with one attached hydrogen (secondary N) is 1. The van der Waals surface area contributed by atoms with Gasteiger partial charge in [-0.05, 0) is 29.8 Å². The van der Waals surface area contributed by atoms with E-state index in [0.29, 0.717) is 0 Å². The summed E-state index contributed by atoms with van der Waals surface area (Å²) >= 11 is 1.44. The summed E-state index contributed by atoms with van der Waals surface area (Å²) < 4.78 is 9.41. The van der Waals surface area contributed by atoms with Crippen LogP contribution in [0.5, 0.6) is 5.75 Å². The van der Waals surface area contributed by atoms with Crippen LogP contribution < -0.4 is 10.2 Å². The van der Waals surface area contributed by atoms with Crippen molar-refractivity contribution in [1.82, 2.24) is 19.0 Å². The molecular formula is C19H14N6OS. The molecule has 0 atom stereocenters. The van der Waals surface area contributed by atoms with Gasteiger partial charge in [0, 0.05) is 0 Å². The van der Waals surface area contributed by atoms with Crippen molar-refractivity contribution in [1.29, 1.82) is 5.41 Å². The minimum absolute atomic E-state index is 0.277. The molecule has 0 spiro atoms. The molecule has 0 aliphatic carbocycles. The third kappa shape index (κ3) is 2.49. The molecule has 0 saturated heterocycles. The maximum Gasteiger partial charge on any atom is 0.197 e. The second kappa shape index (κ2) is 6.03. The SMILES string of the molecule is COc1cccc(/C=N/n2cnc3c(sc4nc5ccccc5n43)c2=N)c1. The van der Waals surface area contributed by atoms with E-state index in [1.807, 2.05) is 52.9 Å². The average molecular weight is 374 g/mol. The summed E-state index contributed by atoms with van der Waals surface area (Å²) in [5.74, 6) is 0.759. The molecule has 5 rings (SSSR count). The highest BCUT2D eigenvalue weighted by Crippen LogP contribution is 2.26. The first kappa shape index (κ1) is 15.7. The van der Waals surface area contributed by atoms with Crippen LogP contribution in [-0.2, 0) is 0 Å². The number of benzene rings is 2. The van der Waals surface area contributed by atoms with Crippen molar-refractivity contribution in [3.63, 3.8) is 0 Å². The first-order chi connectivity index (χ1) is 13.2. The number of rotatable bonds is 3. The first-order valence-electron chi connectivity index (χ1n) is 8.25. The summed E-state index contributed by atoms with van der Waals surface area (Å²) in [5, 5.41) is 12.9. The van der Waals surface area contributed by atoms with Gasteiger partial charge in [0.25, 0.3) is 0 Å². The summed E-state index contributed by atoms with van der Waals surface area (Å²) in [7, 11) is 1.63. The minimum Gasteiger partial charge on any atom is -0.497 e. The van der Waals surface area contributed by atoms with Gasteiger partial charge in [0.2, 0.25) is 0 Å². The van der Waals surface area contributed by atoms with Gasteiger partial charge in [-0.3, -0.25) is 9.81 Å². The third-order valence-electron chi connectivity index (χ3n) is 4.30. The lowest BCUT2D eigenvalue weighted by Gasteiger charge is -2.01. The van der Waals surface area contributed by atoms with Crippen molar-refractivity contribution < 1.29 is 4.74 Å². The van der Waals surface area contributed by atoms with Gasteiger partial charge in [-0.25, -0.2) is 14.6 Å². The van der Waals surface area contributed by atoms with Crippen LogP contribution >= 0.6 is 11.3 Å². The quantitative estimate of drug-likeness (QED) is 0.492. The molecule has 1 N–H and O–H groups in total. The van der Waals surface area contributed by atoms with Crippen molar-refractivity contribution in [2.24, 2.45) is 5.10 Å². The molecule has 2 aromatic carbocycles. The molecule has 0 aliphatic heterocycles. The van der Waals surface area contributed by atoms with Gasteiger partial charge in [-0.2, -0.15) is 5.10 Å². The van der Waals surface area contributed by atoms with Gasteiger partial charge >= 0.3 is 0 Å². The monoisotopic (exact) mass is 374 g/mol. The Morgan fingerprint density at radius 3 is 2.96 bits per heavy atom. The summed E-state index contributed by atoms with van der Waals surface area (Å²) in [4.78, 5) is 9.99. The fourth-order valence-corrected chi connectivity index (χ4v) is 4.02. The molecule has 0 bridgehead atoms. The summed E-state index contributed by atoms with van der Waals surface area (Å²) in [6.45, 7) is 0. The Balaban J connectivity index is 1.64. The molecular weight excluding hydrogens is 360 g/mol. The fraction of sp³-hybridized carbons (Fsp3) is 0.0526. The van der Waals surface area contributed by atoms with E-state index in [4.69, 9.17) is 10.1 Å². The zero-order valence-corrected chi connectivity index (χ0v) is 15.1. The van der Waals surface area contributed by atoms with Crippen LogP contribution in [0.15, 0.2) is 60.0 Å². The van der Waals surface area contributed by atoms with Gasteiger partial charge in [-0.1, -0.05) is 35.6 Å². The van der Waals surface area contributed by atoms with Crippen LogP contribution in [0.4, 0.5) is 0 Å². The van der Waals surface area contributed by atoms with E-state index in [-0.39, 0.29) is 5.49 Å². The molecule has 3 heterocycles. The Bertz CT molecular complexity index is 1390. The zero-order chi connectivity index (χ0) is 18.4. The van der Waals surface area contributed by atoms with Gasteiger partial charge in [-0.15, -0.1) is 0 Å². The molecule has 3 aromatic heterocycles. The largest absolute Gasteiger partial charge is 0.497 e. The second-order valence-electron chi connectivity index (χ2n) is 5.93. The van der Waals surface area contributed by atoms with E-state index >= 15 is 0 Å². The normalized spacial score (nSPS) is 11.9. The zero-order valence-electron chi connectivity index (χ0n) is 14.3. The molecule has 5 aromatic rings. The number of ether oxygens (including phenoxy) is 1. The third-order valence-corrected chi connectivity index (χ3v) is 5.33. The lowest BCUT2D eigenvalue weighted by atomic mass is 10.2. The Labute approximate surface area is 157 Å². The average Bonchev–Trinajstić information content (AvgIpc) is 3.24. The maximum atomic E-state index is 8.52. The van der Waals surface area contributed by atoms with Crippen molar-refractivity contribution in [2.75, 3.05) is 7.11 Å². The highest BCUT2D eigenvalue weighted by molar-refractivity contribution is 7.23. The maximum absolute atomic E-state index is 8.52. The van der Waals surface area contributed by atoms with Gasteiger partial charge < -0.3 is 4.74 Å². The number of para-hydroxylation sites is 2. The Morgan fingerprint density at radius 1 is 1.19 bits per heavy atom. The van der Waals surface area contributed by atoms with Crippen LogP contribution in [-0.4, -0.2) is 32.4 Å². The van der Waals surface area contributed by atoms with Crippen LogP contribution in [0.25, 0.3) is 26.3 Å². The summed E-state index contributed by atoms with van der Waals surface area (Å²) in [6, 6.07) is 15.5. The second-order valence-corrected chi connectivity index (χ2v) is 6.91. The fourth-order valence-electron chi connectivity index (χ4n) is 3.00. The number of imidazole rings is 1. The highest BCUT2D eigenvalue weighted by atomic mass is 32.1. The van der Waals surface area contributed by atoms with E-state index in [1.165, 1.54) is 16.0 Å². The Hall–Kier alpha value is -3.52. The van der Waals surface area contributed by atoms with Crippen molar-refractivity contribution in [2.45, 2.75) is 0 Å². The van der Waals surface area contributed by atoms with E-state index in [2.05, 4.69) is 15.1 Å². The standard InChI is InChI=1S/C19H14N6OS/c1-26-13-6-4-5-12(9-13)10-22-24-11-21-18-16(17(24)20)27-19-23-14-7-2-3-8-15(14)25(18)19/h2-11,20H,1H3/b20-17?,22-10+. The molecule has 27 heavy (non-hydrogen) atoms. The predicted molar refractivity (Wildman–Crippen MR) is 106 cm³/mol. The molecule has 0 fully saturated rings. The number of methoxy groups -OCH3 is 1. The molecule has 132 valence electrons. The summed E-state index contributed by atoms with van der Waals surface area (Å²) in [5.41, 5.74) is 3.80. The number of hydrogen-bond acceptors (Lipinski definition) is 6. The molecule has 0 aliphatic rings. The first-order valence-corrected chi connectivity index (χ1v) is 9.06. The topological polar surface area (TPSA) is 80.6 Å². The number of hydrogen-bond donors (Lipinski definition) is 1. The molecule has 0 amide bonds. The van der Waals surface area contributed by atoms with Crippen molar-refractivity contribution in [3.05, 3.63) is 65.9 Å². The molecule has 0 unspecified atom stereocenters. The number of aromatic nitrogens is 4. The number of fused-ring (bicyclic) bond motifs is 5. The molecule has 0 radical (unpaired) electrons. The molecule has 8 heteroatoms. The predicted octanol–water partition coefficient (Wildman–Crippen LogP) is 3.27. The number of nitrogens with zero attached hydrogens (tertiary/aromatic N) is 5. The van der Waals surface area contributed by atoms with E-state index in [0.717, 1.165) is 37.7 Å². The lowest BCUT2D eigenvalue weighted by Crippen LogP contribution is -2.16. The smallest absolute Gasteiger partial charge is 0.197 e. The van der Waals surface area contributed by atoms with Gasteiger partial charge in [0.15, 0.2) is 16.1 Å².